The molecule has 0 aliphatic heterocycles. The van der Waals surface area contributed by atoms with E-state index in [0.717, 1.165) is 18.5 Å². The van der Waals surface area contributed by atoms with Gasteiger partial charge in [-0.1, -0.05) is 12.5 Å². The van der Waals surface area contributed by atoms with Crippen LogP contribution in [0.5, 0.6) is 5.75 Å². The van der Waals surface area contributed by atoms with Crippen molar-refractivity contribution in [1.82, 2.24) is 5.32 Å². The molecule has 0 radical (unpaired) electrons. The molecule has 2 unspecified atom stereocenters. The first-order valence-corrected chi connectivity index (χ1v) is 6.24. The van der Waals surface area contributed by atoms with Gasteiger partial charge < -0.3 is 10.1 Å². The summed E-state index contributed by atoms with van der Waals surface area (Å²) in [6, 6.07) is 5.37. The van der Waals surface area contributed by atoms with Gasteiger partial charge in [-0.25, -0.2) is 4.39 Å². The Morgan fingerprint density at radius 2 is 2.24 bits per heavy atom. The highest BCUT2D eigenvalue weighted by atomic mass is 19.1. The standard InChI is InChI=1S/C14H20FNO/c1-16-9-11-4-3-5-12(11)10-6-7-14(17-2)13(15)8-10/h6-8,11-12,16H,3-5,9H2,1-2H3. The fraction of sp³-hybridized carbons (Fsp3) is 0.571. The molecule has 3 heteroatoms. The first kappa shape index (κ1) is 12.4. The maximum Gasteiger partial charge on any atom is 0.165 e. The van der Waals surface area contributed by atoms with E-state index in [0.29, 0.717) is 17.6 Å². The summed E-state index contributed by atoms with van der Waals surface area (Å²) in [5.41, 5.74) is 1.11. The molecule has 1 aliphatic carbocycles. The van der Waals surface area contributed by atoms with Crippen LogP contribution in [0.3, 0.4) is 0 Å². The van der Waals surface area contributed by atoms with Gasteiger partial charge in [0.2, 0.25) is 0 Å². The van der Waals surface area contributed by atoms with Crippen molar-refractivity contribution in [2.75, 3.05) is 20.7 Å². The molecule has 0 heterocycles. The van der Waals surface area contributed by atoms with Crippen LogP contribution in [0.2, 0.25) is 0 Å². The molecule has 1 aliphatic rings. The van der Waals surface area contributed by atoms with Crippen molar-refractivity contribution in [2.24, 2.45) is 5.92 Å². The summed E-state index contributed by atoms with van der Waals surface area (Å²) < 4.78 is 18.6. The van der Waals surface area contributed by atoms with Crippen LogP contribution in [0.4, 0.5) is 4.39 Å². The molecule has 2 rings (SSSR count). The number of hydrogen-bond acceptors (Lipinski definition) is 2. The molecule has 1 N–H and O–H groups in total. The number of halogens is 1. The Bertz CT molecular complexity index is 380. The molecule has 2 nitrogen and oxygen atoms in total. The molecule has 0 spiro atoms. The quantitative estimate of drug-likeness (QED) is 0.869. The van der Waals surface area contributed by atoms with Crippen molar-refractivity contribution >= 4 is 0 Å². The van der Waals surface area contributed by atoms with E-state index in [1.54, 1.807) is 12.1 Å². The van der Waals surface area contributed by atoms with Gasteiger partial charge in [-0.2, -0.15) is 0 Å². The molecule has 1 saturated carbocycles. The fourth-order valence-electron chi connectivity index (χ4n) is 2.90. The van der Waals surface area contributed by atoms with Crippen molar-refractivity contribution in [1.29, 1.82) is 0 Å². The second-order valence-electron chi connectivity index (χ2n) is 4.75. The van der Waals surface area contributed by atoms with Crippen molar-refractivity contribution in [2.45, 2.75) is 25.2 Å². The number of rotatable bonds is 4. The SMILES string of the molecule is CNCC1CCCC1c1ccc(OC)c(F)c1. The predicted octanol–water partition coefficient (Wildman–Crippen LogP) is 2.94. The summed E-state index contributed by atoms with van der Waals surface area (Å²) in [4.78, 5) is 0. The molecule has 1 aromatic carbocycles. The third-order valence-electron chi connectivity index (χ3n) is 3.73. The minimum absolute atomic E-state index is 0.250. The van der Waals surface area contributed by atoms with Crippen LogP contribution in [0.15, 0.2) is 18.2 Å². The van der Waals surface area contributed by atoms with Crippen LogP contribution in [-0.4, -0.2) is 20.7 Å². The van der Waals surface area contributed by atoms with Gasteiger partial charge in [0.05, 0.1) is 7.11 Å². The molecule has 0 aromatic heterocycles. The van der Waals surface area contributed by atoms with Crippen LogP contribution in [0.1, 0.15) is 30.7 Å². The summed E-state index contributed by atoms with van der Waals surface area (Å²) in [6.45, 7) is 1.01. The number of ether oxygens (including phenoxy) is 1. The molecule has 1 aromatic rings. The topological polar surface area (TPSA) is 21.3 Å². The zero-order valence-electron chi connectivity index (χ0n) is 10.5. The largest absolute Gasteiger partial charge is 0.494 e. The number of methoxy groups -OCH3 is 1. The molecule has 0 amide bonds. The average molecular weight is 237 g/mol. The Kier molecular flexibility index (Phi) is 4.00. The molecule has 2 atom stereocenters. The minimum atomic E-state index is -0.250. The Labute approximate surface area is 102 Å². The highest BCUT2D eigenvalue weighted by molar-refractivity contribution is 5.32. The average Bonchev–Trinajstić information content (AvgIpc) is 2.78. The van der Waals surface area contributed by atoms with E-state index in [4.69, 9.17) is 4.74 Å². The lowest BCUT2D eigenvalue weighted by Gasteiger charge is -2.20. The molecule has 0 saturated heterocycles. The lowest BCUT2D eigenvalue weighted by molar-refractivity contribution is 0.384. The second-order valence-corrected chi connectivity index (χ2v) is 4.75. The fourth-order valence-corrected chi connectivity index (χ4v) is 2.90. The second kappa shape index (κ2) is 5.50. The Morgan fingerprint density at radius 3 is 2.88 bits per heavy atom. The smallest absolute Gasteiger partial charge is 0.165 e. The summed E-state index contributed by atoms with van der Waals surface area (Å²) in [6.07, 6.45) is 3.64. The van der Waals surface area contributed by atoms with Gasteiger partial charge >= 0.3 is 0 Å². The predicted molar refractivity (Wildman–Crippen MR) is 67.0 cm³/mol. The van der Waals surface area contributed by atoms with E-state index in [-0.39, 0.29) is 5.82 Å². The molecular formula is C14H20FNO. The zero-order chi connectivity index (χ0) is 12.3. The third-order valence-corrected chi connectivity index (χ3v) is 3.73. The third kappa shape index (κ3) is 2.60. The van der Waals surface area contributed by atoms with E-state index < -0.39 is 0 Å². The van der Waals surface area contributed by atoms with Crippen molar-refractivity contribution in [3.63, 3.8) is 0 Å². The zero-order valence-corrected chi connectivity index (χ0v) is 10.5. The number of benzene rings is 1. The van der Waals surface area contributed by atoms with Gasteiger partial charge in [-0.15, -0.1) is 0 Å². The summed E-state index contributed by atoms with van der Waals surface area (Å²) in [5.74, 6) is 1.20. The van der Waals surface area contributed by atoms with Crippen molar-refractivity contribution in [3.05, 3.63) is 29.6 Å². The van der Waals surface area contributed by atoms with E-state index in [9.17, 15) is 4.39 Å². The normalized spacial score (nSPS) is 23.9. The Hall–Kier alpha value is -1.09. The summed E-state index contributed by atoms with van der Waals surface area (Å²) in [7, 11) is 3.47. The maximum atomic E-state index is 13.7. The first-order valence-electron chi connectivity index (χ1n) is 6.24. The molecular weight excluding hydrogens is 217 g/mol. The maximum absolute atomic E-state index is 13.7. The van der Waals surface area contributed by atoms with Gasteiger partial charge in [-0.05, 0) is 56.0 Å². The van der Waals surface area contributed by atoms with Gasteiger partial charge in [0.1, 0.15) is 0 Å². The van der Waals surface area contributed by atoms with Crippen LogP contribution in [0, 0.1) is 11.7 Å². The van der Waals surface area contributed by atoms with Crippen LogP contribution >= 0.6 is 0 Å². The van der Waals surface area contributed by atoms with Gasteiger partial charge in [-0.3, -0.25) is 0 Å². The number of nitrogens with one attached hydrogen (secondary N) is 1. The monoisotopic (exact) mass is 237 g/mol. The Balaban J connectivity index is 2.18. The van der Waals surface area contributed by atoms with E-state index in [2.05, 4.69) is 5.32 Å². The highest BCUT2D eigenvalue weighted by Gasteiger charge is 2.28. The van der Waals surface area contributed by atoms with Crippen molar-refractivity contribution in [3.8, 4) is 5.75 Å². The van der Waals surface area contributed by atoms with Gasteiger partial charge in [0.15, 0.2) is 11.6 Å². The van der Waals surface area contributed by atoms with E-state index in [1.807, 2.05) is 13.1 Å². The Morgan fingerprint density at radius 1 is 1.41 bits per heavy atom. The lowest BCUT2D eigenvalue weighted by Crippen LogP contribution is -2.21. The van der Waals surface area contributed by atoms with Gasteiger partial charge in [0, 0.05) is 0 Å². The number of hydrogen-bond donors (Lipinski definition) is 1. The summed E-state index contributed by atoms with van der Waals surface area (Å²) >= 11 is 0. The first-order chi connectivity index (χ1) is 8.26. The highest BCUT2D eigenvalue weighted by Crippen LogP contribution is 2.40. The van der Waals surface area contributed by atoms with Gasteiger partial charge in [0.25, 0.3) is 0 Å². The van der Waals surface area contributed by atoms with Crippen LogP contribution < -0.4 is 10.1 Å². The summed E-state index contributed by atoms with van der Waals surface area (Å²) in [5, 5.41) is 3.23. The van der Waals surface area contributed by atoms with E-state index in [1.165, 1.54) is 20.0 Å². The molecule has 0 bridgehead atoms. The van der Waals surface area contributed by atoms with Crippen molar-refractivity contribution < 1.29 is 9.13 Å². The van der Waals surface area contributed by atoms with E-state index >= 15 is 0 Å². The molecule has 94 valence electrons. The lowest BCUT2D eigenvalue weighted by atomic mass is 9.89. The minimum Gasteiger partial charge on any atom is -0.494 e. The van der Waals surface area contributed by atoms with Crippen LogP contribution in [-0.2, 0) is 0 Å². The van der Waals surface area contributed by atoms with Crippen LogP contribution in [0.25, 0.3) is 0 Å². The molecule has 1 fully saturated rings. The molecule has 17 heavy (non-hydrogen) atoms.